The van der Waals surface area contributed by atoms with E-state index < -0.39 is 0 Å². The summed E-state index contributed by atoms with van der Waals surface area (Å²) < 4.78 is 18.8. The van der Waals surface area contributed by atoms with E-state index in [0.29, 0.717) is 12.5 Å². The Morgan fingerprint density at radius 3 is 2.18 bits per heavy atom. The summed E-state index contributed by atoms with van der Waals surface area (Å²) in [4.78, 5) is 4.98. The summed E-state index contributed by atoms with van der Waals surface area (Å²) >= 11 is 0. The molecule has 0 N–H and O–H groups in total. The third kappa shape index (κ3) is 6.37. The van der Waals surface area contributed by atoms with Gasteiger partial charge in [-0.3, -0.25) is 4.90 Å². The molecule has 1 aliphatic heterocycles. The first-order valence-electron chi connectivity index (χ1n) is 13.0. The molecule has 2 aromatic carbocycles. The molecule has 34 heavy (non-hydrogen) atoms. The Bertz CT molecular complexity index is 899. The molecule has 0 spiro atoms. The third-order valence-electron chi connectivity index (χ3n) is 7.79. The van der Waals surface area contributed by atoms with Crippen molar-refractivity contribution in [3.05, 3.63) is 66.0 Å². The summed E-state index contributed by atoms with van der Waals surface area (Å²) in [5, 5.41) is 10.4. The maximum atomic E-state index is 13.0. The van der Waals surface area contributed by atoms with E-state index in [-0.39, 0.29) is 11.2 Å². The number of nitriles is 1. The molecule has 1 saturated carbocycles. The molecule has 0 bridgehead atoms. The van der Waals surface area contributed by atoms with Gasteiger partial charge in [0.15, 0.2) is 0 Å². The van der Waals surface area contributed by atoms with E-state index in [2.05, 4.69) is 46.2 Å². The monoisotopic (exact) mass is 463 g/mol. The van der Waals surface area contributed by atoms with Crippen LogP contribution in [0.1, 0.15) is 50.5 Å². The maximum absolute atomic E-state index is 13.0. The molecule has 0 amide bonds. The van der Waals surface area contributed by atoms with Crippen LogP contribution in [0.3, 0.4) is 0 Å². The highest BCUT2D eigenvalue weighted by atomic mass is 19.1. The predicted octanol–water partition coefficient (Wildman–Crippen LogP) is 5.64. The van der Waals surface area contributed by atoms with Gasteiger partial charge < -0.3 is 9.64 Å². The Hall–Kier alpha value is -2.42. The second-order valence-corrected chi connectivity index (χ2v) is 9.87. The average Bonchev–Trinajstić information content (AvgIpc) is 2.90. The molecule has 1 aliphatic carbocycles. The number of hydrogen-bond acceptors (Lipinski definition) is 4. The normalized spacial score (nSPS) is 19.9. The lowest BCUT2D eigenvalue weighted by atomic mass is 9.63. The maximum Gasteiger partial charge on any atom is 0.123 e. The Morgan fingerprint density at radius 2 is 1.53 bits per heavy atom. The van der Waals surface area contributed by atoms with Crippen LogP contribution in [0.4, 0.5) is 4.39 Å². The van der Waals surface area contributed by atoms with Crippen molar-refractivity contribution in [1.82, 2.24) is 9.80 Å². The smallest absolute Gasteiger partial charge is 0.123 e. The van der Waals surface area contributed by atoms with Gasteiger partial charge in [-0.05, 0) is 68.0 Å². The minimum absolute atomic E-state index is 0.238. The summed E-state index contributed by atoms with van der Waals surface area (Å²) in [6, 6.07) is 19.6. The summed E-state index contributed by atoms with van der Waals surface area (Å²) in [5.41, 5.74) is 0.872. The van der Waals surface area contributed by atoms with Crippen LogP contribution >= 0.6 is 0 Å². The van der Waals surface area contributed by atoms with Gasteiger partial charge >= 0.3 is 0 Å². The fourth-order valence-corrected chi connectivity index (χ4v) is 5.77. The van der Waals surface area contributed by atoms with Crippen LogP contribution < -0.4 is 4.74 Å². The molecule has 1 atom stereocenters. The standard InChI is InChI=1S/C29H38FN3O/c30-27-12-14-28(15-13-27)34-23-22-33-20-18-32(19-21-33)17-7-16-29(24-31,25-8-3-1-4-9-25)26-10-5-2-6-11-26/h1,3-4,8-9,12-15,26H,2,5-7,10-11,16-23H2. The number of rotatable bonds is 10. The highest BCUT2D eigenvalue weighted by molar-refractivity contribution is 5.34. The van der Waals surface area contributed by atoms with Gasteiger partial charge in [-0.2, -0.15) is 5.26 Å². The van der Waals surface area contributed by atoms with Crippen molar-refractivity contribution < 1.29 is 9.13 Å². The van der Waals surface area contributed by atoms with Crippen LogP contribution in [0.5, 0.6) is 5.75 Å². The molecule has 182 valence electrons. The van der Waals surface area contributed by atoms with Gasteiger partial charge in [0.2, 0.25) is 0 Å². The average molecular weight is 464 g/mol. The molecule has 0 aromatic heterocycles. The molecule has 0 radical (unpaired) electrons. The van der Waals surface area contributed by atoms with E-state index in [4.69, 9.17) is 4.74 Å². The molecule has 5 heteroatoms. The molecule has 2 aromatic rings. The Balaban J connectivity index is 1.23. The lowest BCUT2D eigenvalue weighted by Gasteiger charge is -2.39. The lowest BCUT2D eigenvalue weighted by Crippen LogP contribution is -2.47. The molecular formula is C29H38FN3O. The molecular weight excluding hydrogens is 425 g/mol. The van der Waals surface area contributed by atoms with Crippen LogP contribution in [-0.4, -0.2) is 55.7 Å². The largest absolute Gasteiger partial charge is 0.492 e. The number of piperazine rings is 1. The van der Waals surface area contributed by atoms with Crippen molar-refractivity contribution in [3.8, 4) is 11.8 Å². The van der Waals surface area contributed by atoms with E-state index >= 15 is 0 Å². The zero-order chi connectivity index (χ0) is 23.6. The number of halogens is 1. The van der Waals surface area contributed by atoms with Crippen LogP contribution in [0.15, 0.2) is 54.6 Å². The van der Waals surface area contributed by atoms with E-state index in [9.17, 15) is 9.65 Å². The SMILES string of the molecule is N#CC(CCCN1CCN(CCOc2ccc(F)cc2)CC1)(c1ccccc1)C1CCCCC1. The summed E-state index contributed by atoms with van der Waals surface area (Å²) in [7, 11) is 0. The van der Waals surface area contributed by atoms with Crippen LogP contribution in [0, 0.1) is 23.1 Å². The quantitative estimate of drug-likeness (QED) is 0.457. The van der Waals surface area contributed by atoms with Crippen molar-refractivity contribution in [3.63, 3.8) is 0 Å². The molecule has 2 aliphatic rings. The second-order valence-electron chi connectivity index (χ2n) is 9.87. The molecule has 1 unspecified atom stereocenters. The van der Waals surface area contributed by atoms with E-state index in [1.54, 1.807) is 12.1 Å². The van der Waals surface area contributed by atoms with Crippen molar-refractivity contribution in [2.24, 2.45) is 5.92 Å². The summed E-state index contributed by atoms with van der Waals surface area (Å²) in [6.45, 7) is 6.76. The minimum atomic E-state index is -0.346. The number of nitrogens with zero attached hydrogens (tertiary/aromatic N) is 3. The first-order valence-corrected chi connectivity index (χ1v) is 13.0. The van der Waals surface area contributed by atoms with Crippen molar-refractivity contribution in [2.45, 2.75) is 50.4 Å². The number of benzene rings is 2. The van der Waals surface area contributed by atoms with E-state index in [0.717, 1.165) is 57.9 Å². The Morgan fingerprint density at radius 1 is 0.882 bits per heavy atom. The van der Waals surface area contributed by atoms with Gasteiger partial charge in [-0.1, -0.05) is 49.6 Å². The fraction of sp³-hybridized carbons (Fsp3) is 0.552. The van der Waals surface area contributed by atoms with Crippen LogP contribution in [0.25, 0.3) is 0 Å². The molecule has 1 saturated heterocycles. The minimum Gasteiger partial charge on any atom is -0.492 e. The third-order valence-corrected chi connectivity index (χ3v) is 7.79. The van der Waals surface area contributed by atoms with Gasteiger partial charge in [-0.15, -0.1) is 0 Å². The second kappa shape index (κ2) is 12.3. The first kappa shape index (κ1) is 24.7. The highest BCUT2D eigenvalue weighted by Gasteiger charge is 2.40. The molecule has 1 heterocycles. The zero-order valence-corrected chi connectivity index (χ0v) is 20.3. The molecule has 2 fully saturated rings. The predicted molar refractivity (Wildman–Crippen MR) is 134 cm³/mol. The molecule has 4 nitrogen and oxygen atoms in total. The van der Waals surface area contributed by atoms with Crippen LogP contribution in [-0.2, 0) is 5.41 Å². The van der Waals surface area contributed by atoms with Crippen molar-refractivity contribution in [1.29, 1.82) is 5.26 Å². The lowest BCUT2D eigenvalue weighted by molar-refractivity contribution is 0.113. The topological polar surface area (TPSA) is 39.5 Å². The first-order chi connectivity index (χ1) is 16.7. The van der Waals surface area contributed by atoms with Gasteiger partial charge in [0.25, 0.3) is 0 Å². The fourth-order valence-electron chi connectivity index (χ4n) is 5.77. The molecule has 4 rings (SSSR count). The van der Waals surface area contributed by atoms with Gasteiger partial charge in [0.05, 0.1) is 11.5 Å². The number of ether oxygens (including phenoxy) is 1. The Kier molecular flexibility index (Phi) is 8.96. The van der Waals surface area contributed by atoms with E-state index in [1.807, 2.05) is 0 Å². The summed E-state index contributed by atoms with van der Waals surface area (Å²) in [6.07, 6.45) is 8.20. The highest BCUT2D eigenvalue weighted by Crippen LogP contribution is 2.44. The summed E-state index contributed by atoms with van der Waals surface area (Å²) in [5.74, 6) is 0.960. The van der Waals surface area contributed by atoms with Gasteiger partial charge in [0.1, 0.15) is 18.2 Å². The Labute approximate surface area is 204 Å². The van der Waals surface area contributed by atoms with Gasteiger partial charge in [-0.25, -0.2) is 4.39 Å². The zero-order valence-electron chi connectivity index (χ0n) is 20.3. The van der Waals surface area contributed by atoms with Crippen molar-refractivity contribution >= 4 is 0 Å². The number of hydrogen-bond donors (Lipinski definition) is 0. The van der Waals surface area contributed by atoms with Gasteiger partial charge in [0, 0.05) is 32.7 Å². The van der Waals surface area contributed by atoms with E-state index in [1.165, 1.54) is 49.8 Å². The van der Waals surface area contributed by atoms with Crippen molar-refractivity contribution in [2.75, 3.05) is 45.9 Å². The van der Waals surface area contributed by atoms with Crippen LogP contribution in [0.2, 0.25) is 0 Å².